The number of nitrogens with zero attached hydrogens (tertiary/aromatic N) is 3. The van der Waals surface area contributed by atoms with Crippen LogP contribution in [-0.4, -0.2) is 47.3 Å². The number of carbonyl (C=O) groups is 1. The number of aryl methyl sites for hydroxylation is 1. The van der Waals surface area contributed by atoms with Gasteiger partial charge in [-0.15, -0.1) is 0 Å². The highest BCUT2D eigenvalue weighted by molar-refractivity contribution is 5.96. The molecule has 31 heavy (non-hydrogen) atoms. The summed E-state index contributed by atoms with van der Waals surface area (Å²) >= 11 is 0. The molecule has 1 fully saturated rings. The molecule has 0 bridgehead atoms. The smallest absolute Gasteiger partial charge is 0.255 e. The Morgan fingerprint density at radius 1 is 1.10 bits per heavy atom. The largest absolute Gasteiger partial charge is 0.497 e. The highest BCUT2D eigenvalue weighted by Crippen LogP contribution is 2.27. The zero-order valence-electron chi connectivity index (χ0n) is 18.5. The third kappa shape index (κ3) is 4.49. The van der Waals surface area contributed by atoms with E-state index in [1.54, 1.807) is 7.11 Å². The fourth-order valence-corrected chi connectivity index (χ4v) is 4.43. The summed E-state index contributed by atoms with van der Waals surface area (Å²) in [6, 6.07) is 18.2. The monoisotopic (exact) mass is 418 g/mol. The van der Waals surface area contributed by atoms with E-state index in [1.807, 2.05) is 61.0 Å². The van der Waals surface area contributed by atoms with Crippen LogP contribution in [0.5, 0.6) is 5.75 Å². The number of nitrogens with one attached hydrogen (secondary N) is 1. The van der Waals surface area contributed by atoms with E-state index < -0.39 is 0 Å². The highest BCUT2D eigenvalue weighted by Gasteiger charge is 2.26. The molecule has 1 aliphatic heterocycles. The van der Waals surface area contributed by atoms with E-state index in [9.17, 15) is 4.79 Å². The van der Waals surface area contributed by atoms with Crippen LogP contribution in [0.2, 0.25) is 0 Å². The van der Waals surface area contributed by atoms with E-state index in [2.05, 4.69) is 27.4 Å². The van der Waals surface area contributed by atoms with E-state index in [1.165, 1.54) is 12.8 Å². The van der Waals surface area contributed by atoms with Gasteiger partial charge < -0.3 is 10.1 Å². The summed E-state index contributed by atoms with van der Waals surface area (Å²) in [5, 5.41) is 7.80. The van der Waals surface area contributed by atoms with Crippen molar-refractivity contribution in [1.82, 2.24) is 20.0 Å². The fraction of sp³-hybridized carbons (Fsp3) is 0.360. The molecular weight excluding hydrogens is 388 g/mol. The van der Waals surface area contributed by atoms with Gasteiger partial charge in [-0.3, -0.25) is 9.69 Å². The van der Waals surface area contributed by atoms with Crippen LogP contribution in [0.1, 0.15) is 46.2 Å². The Kier molecular flexibility index (Phi) is 6.37. The Hall–Kier alpha value is -3.12. The van der Waals surface area contributed by atoms with Gasteiger partial charge in [-0.1, -0.05) is 30.3 Å². The van der Waals surface area contributed by atoms with E-state index >= 15 is 0 Å². The molecule has 2 heterocycles. The predicted molar refractivity (Wildman–Crippen MR) is 122 cm³/mol. The van der Waals surface area contributed by atoms with Crippen LogP contribution in [0, 0.1) is 13.8 Å². The van der Waals surface area contributed by atoms with Crippen LogP contribution in [-0.2, 0) is 0 Å². The quantitative estimate of drug-likeness (QED) is 0.629. The second-order valence-electron chi connectivity index (χ2n) is 8.04. The van der Waals surface area contributed by atoms with Gasteiger partial charge in [-0.05, 0) is 69.6 Å². The standard InChI is InChI=1S/C25H30N4O2/c1-18-24(19(2)29(27-18)21-11-5-4-6-12-21)25(30)26-17-23(28-14-7-8-15-28)20-10-9-13-22(16-20)31-3/h4-6,9-13,16,23H,7-8,14-15,17H2,1-3H3,(H,26,30). The van der Waals surface area contributed by atoms with Crippen molar-refractivity contribution in [3.8, 4) is 11.4 Å². The van der Waals surface area contributed by atoms with Crippen molar-refractivity contribution >= 4 is 5.91 Å². The zero-order chi connectivity index (χ0) is 21.8. The molecule has 0 spiro atoms. The van der Waals surface area contributed by atoms with Gasteiger partial charge in [-0.2, -0.15) is 5.10 Å². The van der Waals surface area contributed by atoms with Crippen molar-refractivity contribution in [3.63, 3.8) is 0 Å². The molecule has 1 aromatic heterocycles. The van der Waals surface area contributed by atoms with E-state index in [-0.39, 0.29) is 11.9 Å². The van der Waals surface area contributed by atoms with Crippen molar-refractivity contribution < 1.29 is 9.53 Å². The number of rotatable bonds is 7. The molecule has 1 atom stereocenters. The Labute approximate surface area is 183 Å². The molecule has 6 nitrogen and oxygen atoms in total. The number of hydrogen-bond acceptors (Lipinski definition) is 4. The van der Waals surface area contributed by atoms with Gasteiger partial charge in [0.2, 0.25) is 0 Å². The summed E-state index contributed by atoms with van der Waals surface area (Å²) in [4.78, 5) is 15.6. The van der Waals surface area contributed by atoms with Gasteiger partial charge in [-0.25, -0.2) is 4.68 Å². The van der Waals surface area contributed by atoms with Gasteiger partial charge in [0, 0.05) is 6.54 Å². The lowest BCUT2D eigenvalue weighted by atomic mass is 10.0. The van der Waals surface area contributed by atoms with Gasteiger partial charge in [0.25, 0.3) is 5.91 Å². The number of benzene rings is 2. The molecule has 0 radical (unpaired) electrons. The lowest BCUT2D eigenvalue weighted by molar-refractivity contribution is 0.0936. The lowest BCUT2D eigenvalue weighted by Gasteiger charge is -2.28. The minimum Gasteiger partial charge on any atom is -0.497 e. The van der Waals surface area contributed by atoms with Crippen LogP contribution in [0.3, 0.4) is 0 Å². The summed E-state index contributed by atoms with van der Waals surface area (Å²) < 4.78 is 7.26. The van der Waals surface area contributed by atoms with Gasteiger partial charge in [0.1, 0.15) is 5.75 Å². The first-order valence-electron chi connectivity index (χ1n) is 10.9. The number of carbonyl (C=O) groups excluding carboxylic acids is 1. The topological polar surface area (TPSA) is 59.4 Å². The minimum atomic E-state index is -0.0794. The number of aromatic nitrogens is 2. The van der Waals surface area contributed by atoms with Crippen LogP contribution in [0.25, 0.3) is 5.69 Å². The first-order chi connectivity index (χ1) is 15.1. The Morgan fingerprint density at radius 2 is 1.84 bits per heavy atom. The first kappa shape index (κ1) is 21.1. The number of hydrogen-bond donors (Lipinski definition) is 1. The predicted octanol–water partition coefficient (Wildman–Crippen LogP) is 4.06. The van der Waals surface area contributed by atoms with Crippen molar-refractivity contribution in [2.24, 2.45) is 0 Å². The summed E-state index contributed by atoms with van der Waals surface area (Å²) in [7, 11) is 1.68. The van der Waals surface area contributed by atoms with Crippen molar-refractivity contribution in [1.29, 1.82) is 0 Å². The maximum absolute atomic E-state index is 13.2. The highest BCUT2D eigenvalue weighted by atomic mass is 16.5. The zero-order valence-corrected chi connectivity index (χ0v) is 18.5. The molecular formula is C25H30N4O2. The normalized spacial score (nSPS) is 15.1. The Bertz CT molecular complexity index is 1040. The lowest BCUT2D eigenvalue weighted by Crippen LogP contribution is -2.37. The van der Waals surface area contributed by atoms with Gasteiger partial charge >= 0.3 is 0 Å². The Balaban J connectivity index is 1.55. The average Bonchev–Trinajstić information content (AvgIpc) is 3.42. The van der Waals surface area contributed by atoms with Crippen LogP contribution >= 0.6 is 0 Å². The molecule has 4 rings (SSSR count). The van der Waals surface area contributed by atoms with Crippen molar-refractivity contribution in [2.45, 2.75) is 32.7 Å². The van der Waals surface area contributed by atoms with E-state index in [4.69, 9.17) is 4.74 Å². The SMILES string of the molecule is COc1cccc(C(CNC(=O)c2c(C)nn(-c3ccccc3)c2C)N2CCCC2)c1. The second kappa shape index (κ2) is 9.35. The van der Waals surface area contributed by atoms with Gasteiger partial charge in [0.15, 0.2) is 0 Å². The Morgan fingerprint density at radius 3 is 2.55 bits per heavy atom. The maximum atomic E-state index is 13.2. The van der Waals surface area contributed by atoms with Crippen LogP contribution < -0.4 is 10.1 Å². The second-order valence-corrected chi connectivity index (χ2v) is 8.04. The average molecular weight is 419 g/mol. The van der Waals surface area contributed by atoms with Crippen molar-refractivity contribution in [3.05, 3.63) is 77.1 Å². The van der Waals surface area contributed by atoms with E-state index in [0.717, 1.165) is 41.5 Å². The summed E-state index contributed by atoms with van der Waals surface area (Å²) in [5.41, 5.74) is 4.34. The molecule has 1 saturated heterocycles. The number of methoxy groups -OCH3 is 1. The summed E-state index contributed by atoms with van der Waals surface area (Å²) in [6.45, 7) is 6.47. The molecule has 0 aliphatic carbocycles. The maximum Gasteiger partial charge on any atom is 0.255 e. The summed E-state index contributed by atoms with van der Waals surface area (Å²) in [6.07, 6.45) is 2.38. The van der Waals surface area contributed by atoms with Crippen LogP contribution in [0.4, 0.5) is 0 Å². The van der Waals surface area contributed by atoms with Gasteiger partial charge in [0.05, 0.1) is 35.8 Å². The number of likely N-dealkylation sites (tertiary alicyclic amines) is 1. The number of para-hydroxylation sites is 1. The third-order valence-electron chi connectivity index (χ3n) is 6.04. The molecule has 1 N–H and O–H groups in total. The summed E-state index contributed by atoms with van der Waals surface area (Å²) in [5.74, 6) is 0.758. The van der Waals surface area contributed by atoms with E-state index in [0.29, 0.717) is 12.1 Å². The molecule has 6 heteroatoms. The molecule has 1 aliphatic rings. The molecule has 1 amide bonds. The molecule has 0 saturated carbocycles. The molecule has 1 unspecified atom stereocenters. The molecule has 162 valence electrons. The molecule has 3 aromatic rings. The third-order valence-corrected chi connectivity index (χ3v) is 6.04. The van der Waals surface area contributed by atoms with Crippen molar-refractivity contribution in [2.75, 3.05) is 26.7 Å². The molecule has 2 aromatic carbocycles. The number of amides is 1. The number of ether oxygens (including phenoxy) is 1. The minimum absolute atomic E-state index is 0.0794. The van der Waals surface area contributed by atoms with Crippen LogP contribution in [0.15, 0.2) is 54.6 Å². The first-order valence-corrected chi connectivity index (χ1v) is 10.9. The fourth-order valence-electron chi connectivity index (χ4n) is 4.43.